The smallest absolute Gasteiger partial charge is 0.0677 e. The normalized spacial score (nSPS) is 11.0. The maximum atomic E-state index is 3.69. The Hall–Kier alpha value is -5.56. The molecule has 0 bridgehead atoms. The summed E-state index contributed by atoms with van der Waals surface area (Å²) in [5.74, 6) is 14.1. The first-order valence-electron chi connectivity index (χ1n) is 14.2. The van der Waals surface area contributed by atoms with E-state index in [1.807, 2.05) is 36.4 Å². The molecule has 0 unspecified atom stereocenters. The lowest BCUT2D eigenvalue weighted by Crippen LogP contribution is -2.28. The Morgan fingerprint density at radius 2 is 0.405 bits per heavy atom. The van der Waals surface area contributed by atoms with Crippen LogP contribution < -0.4 is 0 Å². The lowest BCUT2D eigenvalue weighted by molar-refractivity contribution is 0.807. The molecule has 0 aliphatic carbocycles. The van der Waals surface area contributed by atoms with Crippen LogP contribution in [0.4, 0.5) is 0 Å². The van der Waals surface area contributed by atoms with Crippen molar-refractivity contribution in [2.24, 2.45) is 0 Å². The molecule has 0 nitrogen and oxygen atoms in total. The lowest BCUT2D eigenvalue weighted by atomic mass is 9.69. The highest BCUT2D eigenvalue weighted by atomic mass is 14.4. The molecule has 0 saturated heterocycles. The highest BCUT2D eigenvalue weighted by molar-refractivity contribution is 5.62. The minimum atomic E-state index is -0.687. The van der Waals surface area contributed by atoms with Crippen LogP contribution in [0.15, 0.2) is 182 Å². The van der Waals surface area contributed by atoms with Gasteiger partial charge < -0.3 is 0 Å². The molecule has 6 aromatic carbocycles. The van der Waals surface area contributed by atoms with E-state index in [0.29, 0.717) is 0 Å². The van der Waals surface area contributed by atoms with Gasteiger partial charge in [-0.3, -0.25) is 0 Å². The molecule has 0 atom stereocenters. The van der Waals surface area contributed by atoms with Gasteiger partial charge in [-0.2, -0.15) is 0 Å². The van der Waals surface area contributed by atoms with Crippen molar-refractivity contribution in [1.82, 2.24) is 0 Å². The van der Waals surface area contributed by atoms with Crippen molar-refractivity contribution in [3.8, 4) is 23.7 Å². The van der Waals surface area contributed by atoms with E-state index in [0.717, 1.165) is 33.4 Å². The predicted molar refractivity (Wildman–Crippen MR) is 174 cm³/mol. The molecule has 0 aromatic heterocycles. The molecule has 0 aliphatic rings. The summed E-state index contributed by atoms with van der Waals surface area (Å²) in [5.41, 5.74) is 5.28. The summed E-state index contributed by atoms with van der Waals surface area (Å²) < 4.78 is 0. The molecular formula is C42H30. The van der Waals surface area contributed by atoms with Gasteiger partial charge in [0.1, 0.15) is 10.8 Å². The fraction of sp³-hybridized carbons (Fsp3) is 0.0476. The van der Waals surface area contributed by atoms with Gasteiger partial charge in [-0.15, -0.1) is 0 Å². The van der Waals surface area contributed by atoms with Crippen molar-refractivity contribution in [3.05, 3.63) is 215 Å². The average molecular weight is 535 g/mol. The second-order valence-corrected chi connectivity index (χ2v) is 10.2. The highest BCUT2D eigenvalue weighted by Crippen LogP contribution is 2.40. The van der Waals surface area contributed by atoms with Crippen LogP contribution in [0.1, 0.15) is 33.4 Å². The van der Waals surface area contributed by atoms with Gasteiger partial charge in [0.05, 0.1) is 0 Å². The first kappa shape index (κ1) is 26.7. The molecule has 6 aromatic rings. The minimum Gasteiger partial charge on any atom is -0.0677 e. The van der Waals surface area contributed by atoms with Gasteiger partial charge in [-0.05, 0) is 45.2 Å². The van der Waals surface area contributed by atoms with E-state index in [4.69, 9.17) is 0 Å². The second kappa shape index (κ2) is 12.3. The van der Waals surface area contributed by atoms with Gasteiger partial charge in [0, 0.05) is 0 Å². The standard InChI is InChI=1S/C42H30/c1-7-21-35(22-8-1)41(36-23-9-2-10-24-36,37-25-11-3-12-26-37)33-19-20-34-42(38-27-13-4-14-28-38,39-29-15-5-16-30-39)40-31-17-6-18-32-40/h1-18,21-32H. The fourth-order valence-electron chi connectivity index (χ4n) is 5.81. The Bertz CT molecular complexity index is 1500. The Morgan fingerprint density at radius 3 is 0.571 bits per heavy atom. The number of hydrogen-bond acceptors (Lipinski definition) is 0. The van der Waals surface area contributed by atoms with Crippen molar-refractivity contribution in [1.29, 1.82) is 0 Å². The van der Waals surface area contributed by atoms with E-state index in [-0.39, 0.29) is 0 Å². The average Bonchev–Trinajstić information content (AvgIpc) is 3.09. The third-order valence-electron chi connectivity index (χ3n) is 7.80. The molecule has 0 N–H and O–H groups in total. The van der Waals surface area contributed by atoms with Crippen LogP contribution >= 0.6 is 0 Å². The molecule has 198 valence electrons. The topological polar surface area (TPSA) is 0 Å². The summed E-state index contributed by atoms with van der Waals surface area (Å²) in [5, 5.41) is 0. The Labute approximate surface area is 249 Å². The SMILES string of the molecule is C(C#CC(c1ccccc1)(c1ccccc1)c1ccccc1)#CC(c1ccccc1)(c1ccccc1)c1ccccc1. The summed E-state index contributed by atoms with van der Waals surface area (Å²) >= 11 is 0. The van der Waals surface area contributed by atoms with Gasteiger partial charge in [-0.1, -0.05) is 194 Å². The zero-order valence-electron chi connectivity index (χ0n) is 23.3. The van der Waals surface area contributed by atoms with Gasteiger partial charge in [-0.25, -0.2) is 0 Å². The van der Waals surface area contributed by atoms with Crippen LogP contribution in [-0.2, 0) is 10.8 Å². The summed E-state index contributed by atoms with van der Waals surface area (Å²) in [6, 6.07) is 63.1. The number of hydrogen-bond donors (Lipinski definition) is 0. The van der Waals surface area contributed by atoms with Crippen molar-refractivity contribution in [3.63, 3.8) is 0 Å². The van der Waals surface area contributed by atoms with Gasteiger partial charge in [0.15, 0.2) is 0 Å². The predicted octanol–water partition coefficient (Wildman–Crippen LogP) is 9.06. The van der Waals surface area contributed by atoms with Crippen molar-refractivity contribution in [2.75, 3.05) is 0 Å². The minimum absolute atomic E-state index is 0.687. The molecule has 0 spiro atoms. The van der Waals surface area contributed by atoms with E-state index >= 15 is 0 Å². The summed E-state index contributed by atoms with van der Waals surface area (Å²) in [4.78, 5) is 0. The zero-order valence-corrected chi connectivity index (χ0v) is 23.3. The van der Waals surface area contributed by atoms with Crippen molar-refractivity contribution >= 4 is 0 Å². The molecule has 0 saturated carbocycles. The van der Waals surface area contributed by atoms with Crippen LogP contribution in [0.2, 0.25) is 0 Å². The van der Waals surface area contributed by atoms with Gasteiger partial charge >= 0.3 is 0 Å². The first-order chi connectivity index (χ1) is 20.8. The van der Waals surface area contributed by atoms with E-state index in [9.17, 15) is 0 Å². The largest absolute Gasteiger partial charge is 0.107 e. The molecule has 0 amide bonds. The fourth-order valence-corrected chi connectivity index (χ4v) is 5.81. The van der Waals surface area contributed by atoms with Crippen molar-refractivity contribution in [2.45, 2.75) is 10.8 Å². The second-order valence-electron chi connectivity index (χ2n) is 10.2. The van der Waals surface area contributed by atoms with Crippen LogP contribution in [0.3, 0.4) is 0 Å². The quantitative estimate of drug-likeness (QED) is 0.148. The molecular weight excluding hydrogens is 504 g/mol. The highest BCUT2D eigenvalue weighted by Gasteiger charge is 2.36. The molecule has 0 fully saturated rings. The van der Waals surface area contributed by atoms with E-state index in [2.05, 4.69) is 169 Å². The molecule has 6 rings (SSSR count). The Balaban J connectivity index is 1.61. The van der Waals surface area contributed by atoms with E-state index in [1.54, 1.807) is 0 Å². The summed E-state index contributed by atoms with van der Waals surface area (Å²) in [6.45, 7) is 0. The number of rotatable bonds is 6. The van der Waals surface area contributed by atoms with E-state index in [1.165, 1.54) is 0 Å². The van der Waals surface area contributed by atoms with Crippen LogP contribution in [0.5, 0.6) is 0 Å². The third kappa shape index (κ3) is 5.04. The molecule has 0 heteroatoms. The monoisotopic (exact) mass is 534 g/mol. The molecule has 42 heavy (non-hydrogen) atoms. The van der Waals surface area contributed by atoms with Crippen molar-refractivity contribution < 1.29 is 0 Å². The lowest BCUT2D eigenvalue weighted by Gasteiger charge is -2.31. The maximum absolute atomic E-state index is 3.69. The van der Waals surface area contributed by atoms with E-state index < -0.39 is 10.8 Å². The summed E-state index contributed by atoms with van der Waals surface area (Å²) in [6.07, 6.45) is 0. The maximum Gasteiger partial charge on any atom is 0.107 e. The Morgan fingerprint density at radius 1 is 0.238 bits per heavy atom. The van der Waals surface area contributed by atoms with Gasteiger partial charge in [0.2, 0.25) is 0 Å². The van der Waals surface area contributed by atoms with Crippen LogP contribution in [-0.4, -0.2) is 0 Å². The zero-order chi connectivity index (χ0) is 28.5. The first-order valence-corrected chi connectivity index (χ1v) is 14.2. The molecule has 0 radical (unpaired) electrons. The van der Waals surface area contributed by atoms with Crippen LogP contribution in [0.25, 0.3) is 0 Å². The number of benzene rings is 6. The molecule has 0 heterocycles. The van der Waals surface area contributed by atoms with Gasteiger partial charge in [0.25, 0.3) is 0 Å². The molecule has 0 aliphatic heterocycles. The Kier molecular flexibility index (Phi) is 7.81. The van der Waals surface area contributed by atoms with Crippen LogP contribution in [0, 0.1) is 23.7 Å². The summed E-state index contributed by atoms with van der Waals surface area (Å²) in [7, 11) is 0. The third-order valence-corrected chi connectivity index (χ3v) is 7.80.